The van der Waals surface area contributed by atoms with Crippen LogP contribution in [0.1, 0.15) is 0 Å². The minimum Gasteiger partial charge on any atom is -0.322 e. The van der Waals surface area contributed by atoms with Gasteiger partial charge in [-0.1, -0.05) is 12.1 Å². The average molecular weight is 306 g/mol. The van der Waals surface area contributed by atoms with Gasteiger partial charge in [-0.15, -0.1) is 0 Å². The van der Waals surface area contributed by atoms with Crippen molar-refractivity contribution in [2.75, 3.05) is 5.32 Å². The number of hydrogen-bond donors (Lipinski definition) is 1. The van der Waals surface area contributed by atoms with E-state index in [0.29, 0.717) is 23.1 Å². The summed E-state index contributed by atoms with van der Waals surface area (Å²) < 4.78 is 15.5. The molecule has 23 heavy (non-hydrogen) atoms. The van der Waals surface area contributed by atoms with Crippen molar-refractivity contribution in [2.45, 2.75) is 0 Å². The first kappa shape index (κ1) is 13.3. The van der Waals surface area contributed by atoms with E-state index in [1.807, 2.05) is 16.7 Å². The zero-order valence-electron chi connectivity index (χ0n) is 11.9. The van der Waals surface area contributed by atoms with Gasteiger partial charge < -0.3 is 5.32 Å². The van der Waals surface area contributed by atoms with Gasteiger partial charge in [0.2, 0.25) is 11.7 Å². The molecule has 0 spiro atoms. The van der Waals surface area contributed by atoms with Crippen LogP contribution in [0.25, 0.3) is 17.2 Å². The molecule has 6 nitrogen and oxygen atoms in total. The van der Waals surface area contributed by atoms with Gasteiger partial charge in [-0.05, 0) is 24.3 Å². The van der Waals surface area contributed by atoms with Gasteiger partial charge in [0.1, 0.15) is 5.82 Å². The van der Waals surface area contributed by atoms with E-state index < -0.39 is 0 Å². The Morgan fingerprint density at radius 3 is 2.78 bits per heavy atom. The molecule has 112 valence electrons. The second-order valence-corrected chi connectivity index (χ2v) is 4.80. The van der Waals surface area contributed by atoms with Crippen LogP contribution < -0.4 is 5.32 Å². The van der Waals surface area contributed by atoms with Crippen LogP contribution in [0.5, 0.6) is 0 Å². The summed E-state index contributed by atoms with van der Waals surface area (Å²) in [6, 6.07) is 9.96. The van der Waals surface area contributed by atoms with Crippen molar-refractivity contribution in [1.29, 1.82) is 0 Å². The fourth-order valence-electron chi connectivity index (χ4n) is 2.26. The zero-order chi connectivity index (χ0) is 15.6. The molecule has 0 aliphatic heterocycles. The molecule has 3 aromatic heterocycles. The molecule has 0 saturated carbocycles. The summed E-state index contributed by atoms with van der Waals surface area (Å²) in [6.07, 6.45) is 6.84. The lowest BCUT2D eigenvalue weighted by molar-refractivity contribution is 0.631. The number of aromatic nitrogens is 5. The van der Waals surface area contributed by atoms with Gasteiger partial charge in [0, 0.05) is 18.6 Å². The Morgan fingerprint density at radius 1 is 0.957 bits per heavy atom. The van der Waals surface area contributed by atoms with Gasteiger partial charge in [0.25, 0.3) is 0 Å². The standard InChI is InChI=1S/C16H11FN6/c17-11-4-1-2-5-12(11)21-15-18-8-6-13(22-15)14-10-20-16-19-7-3-9-23(14)16/h1-10H,(H,18,21,22). The first-order valence-electron chi connectivity index (χ1n) is 6.94. The Kier molecular flexibility index (Phi) is 3.16. The molecule has 0 fully saturated rings. The van der Waals surface area contributed by atoms with E-state index in [1.54, 1.807) is 42.9 Å². The third-order valence-electron chi connectivity index (χ3n) is 3.33. The van der Waals surface area contributed by atoms with Crippen LogP contribution in [0.2, 0.25) is 0 Å². The molecular formula is C16H11FN6. The molecule has 0 bridgehead atoms. The van der Waals surface area contributed by atoms with E-state index in [0.717, 1.165) is 5.69 Å². The molecule has 0 atom stereocenters. The predicted molar refractivity (Wildman–Crippen MR) is 83.7 cm³/mol. The molecule has 0 aliphatic rings. The Labute approximate surface area is 130 Å². The van der Waals surface area contributed by atoms with E-state index in [1.165, 1.54) is 6.07 Å². The molecule has 7 heteroatoms. The van der Waals surface area contributed by atoms with Crippen molar-refractivity contribution in [3.8, 4) is 11.4 Å². The summed E-state index contributed by atoms with van der Waals surface area (Å²) in [5.74, 6) is 0.539. The number of imidazole rings is 1. The van der Waals surface area contributed by atoms with Crippen LogP contribution in [0, 0.1) is 5.82 Å². The van der Waals surface area contributed by atoms with Gasteiger partial charge in [0.15, 0.2) is 0 Å². The molecule has 1 aromatic carbocycles. The van der Waals surface area contributed by atoms with Crippen molar-refractivity contribution in [3.05, 3.63) is 67.0 Å². The van der Waals surface area contributed by atoms with Gasteiger partial charge in [-0.3, -0.25) is 4.40 Å². The monoisotopic (exact) mass is 306 g/mol. The van der Waals surface area contributed by atoms with Gasteiger partial charge >= 0.3 is 0 Å². The van der Waals surface area contributed by atoms with Crippen molar-refractivity contribution < 1.29 is 4.39 Å². The lowest BCUT2D eigenvalue weighted by Gasteiger charge is -2.07. The molecule has 4 aromatic rings. The Bertz CT molecular complexity index is 981. The minimum atomic E-state index is -0.361. The minimum absolute atomic E-state index is 0.312. The smallest absolute Gasteiger partial charge is 0.234 e. The zero-order valence-corrected chi connectivity index (χ0v) is 11.9. The highest BCUT2D eigenvalue weighted by atomic mass is 19.1. The van der Waals surface area contributed by atoms with Crippen LogP contribution in [0.3, 0.4) is 0 Å². The molecule has 1 N–H and O–H groups in total. The van der Waals surface area contributed by atoms with Gasteiger partial charge in [-0.2, -0.15) is 0 Å². The maximum Gasteiger partial charge on any atom is 0.234 e. The van der Waals surface area contributed by atoms with E-state index in [2.05, 4.69) is 25.3 Å². The third-order valence-corrected chi connectivity index (χ3v) is 3.33. The van der Waals surface area contributed by atoms with E-state index in [-0.39, 0.29) is 5.82 Å². The largest absolute Gasteiger partial charge is 0.322 e. The highest BCUT2D eigenvalue weighted by Crippen LogP contribution is 2.21. The number of halogens is 1. The highest BCUT2D eigenvalue weighted by molar-refractivity contribution is 5.61. The molecule has 0 saturated heterocycles. The molecule has 0 amide bonds. The number of nitrogens with zero attached hydrogens (tertiary/aromatic N) is 5. The molecular weight excluding hydrogens is 295 g/mol. The summed E-state index contributed by atoms with van der Waals surface area (Å²) in [5, 5.41) is 2.88. The van der Waals surface area contributed by atoms with Crippen molar-refractivity contribution in [2.24, 2.45) is 0 Å². The van der Waals surface area contributed by atoms with E-state index in [9.17, 15) is 4.39 Å². The summed E-state index contributed by atoms with van der Waals surface area (Å²) in [7, 11) is 0. The Balaban J connectivity index is 1.73. The van der Waals surface area contributed by atoms with Crippen LogP contribution in [-0.4, -0.2) is 24.3 Å². The van der Waals surface area contributed by atoms with Crippen LogP contribution >= 0.6 is 0 Å². The normalized spacial score (nSPS) is 10.8. The number of benzene rings is 1. The quantitative estimate of drug-likeness (QED) is 0.630. The molecule has 0 unspecified atom stereocenters. The second kappa shape index (κ2) is 5.45. The number of anilines is 2. The Hall–Kier alpha value is -3.35. The topological polar surface area (TPSA) is 68.0 Å². The number of para-hydroxylation sites is 1. The predicted octanol–water partition coefficient (Wildman–Crippen LogP) is 3.07. The molecule has 0 aliphatic carbocycles. The number of fused-ring (bicyclic) bond motifs is 1. The maximum atomic E-state index is 13.7. The second-order valence-electron chi connectivity index (χ2n) is 4.80. The van der Waals surface area contributed by atoms with E-state index >= 15 is 0 Å². The number of hydrogen-bond acceptors (Lipinski definition) is 5. The molecule has 3 heterocycles. The fraction of sp³-hybridized carbons (Fsp3) is 0. The highest BCUT2D eigenvalue weighted by Gasteiger charge is 2.09. The maximum absolute atomic E-state index is 13.7. The SMILES string of the molecule is Fc1ccccc1Nc1nccc(-c2cnc3ncccn23)n1. The first-order chi connectivity index (χ1) is 11.3. The van der Waals surface area contributed by atoms with Crippen LogP contribution in [-0.2, 0) is 0 Å². The summed E-state index contributed by atoms with van der Waals surface area (Å²) >= 11 is 0. The lowest BCUT2D eigenvalue weighted by atomic mass is 10.3. The summed E-state index contributed by atoms with van der Waals surface area (Å²) in [5.41, 5.74) is 1.77. The number of rotatable bonds is 3. The van der Waals surface area contributed by atoms with Crippen molar-refractivity contribution in [1.82, 2.24) is 24.3 Å². The van der Waals surface area contributed by atoms with Gasteiger partial charge in [-0.25, -0.2) is 24.3 Å². The lowest BCUT2D eigenvalue weighted by Crippen LogP contribution is -2.00. The third kappa shape index (κ3) is 2.48. The van der Waals surface area contributed by atoms with Crippen LogP contribution in [0.4, 0.5) is 16.0 Å². The average Bonchev–Trinajstić information content (AvgIpc) is 3.01. The number of nitrogens with one attached hydrogen (secondary N) is 1. The summed E-state index contributed by atoms with van der Waals surface area (Å²) in [6.45, 7) is 0. The first-order valence-corrected chi connectivity index (χ1v) is 6.94. The summed E-state index contributed by atoms with van der Waals surface area (Å²) in [4.78, 5) is 17.0. The van der Waals surface area contributed by atoms with Crippen LogP contribution in [0.15, 0.2) is 61.2 Å². The van der Waals surface area contributed by atoms with E-state index in [4.69, 9.17) is 0 Å². The Morgan fingerprint density at radius 2 is 1.87 bits per heavy atom. The fourth-order valence-corrected chi connectivity index (χ4v) is 2.26. The van der Waals surface area contributed by atoms with Gasteiger partial charge in [0.05, 0.1) is 23.3 Å². The van der Waals surface area contributed by atoms with Crippen molar-refractivity contribution in [3.63, 3.8) is 0 Å². The molecule has 0 radical (unpaired) electrons. The van der Waals surface area contributed by atoms with Crippen molar-refractivity contribution >= 4 is 17.4 Å². The molecule has 4 rings (SSSR count).